The maximum atomic E-state index is 6.22. The first-order valence-electron chi connectivity index (χ1n) is 6.50. The van der Waals surface area contributed by atoms with Crippen LogP contribution < -0.4 is 4.74 Å². The Kier molecular flexibility index (Phi) is 4.51. The van der Waals surface area contributed by atoms with Crippen LogP contribution in [0.2, 0.25) is 0 Å². The van der Waals surface area contributed by atoms with Crippen molar-refractivity contribution in [1.29, 1.82) is 0 Å². The molecule has 102 valence electrons. The van der Waals surface area contributed by atoms with Crippen molar-refractivity contribution in [2.75, 3.05) is 27.7 Å². The summed E-state index contributed by atoms with van der Waals surface area (Å²) in [5.41, 5.74) is 1.22. The van der Waals surface area contributed by atoms with Crippen molar-refractivity contribution in [1.82, 2.24) is 14.7 Å². The van der Waals surface area contributed by atoms with E-state index in [1.807, 2.05) is 6.20 Å². The maximum absolute atomic E-state index is 6.22. The van der Waals surface area contributed by atoms with Gasteiger partial charge in [-0.25, -0.2) is 0 Å². The number of methoxy groups -OCH3 is 1. The zero-order valence-electron chi connectivity index (χ0n) is 11.4. The summed E-state index contributed by atoms with van der Waals surface area (Å²) in [5.74, 6) is 1.40. The van der Waals surface area contributed by atoms with Gasteiger partial charge >= 0.3 is 0 Å². The zero-order chi connectivity index (χ0) is 13.1. The molecule has 0 radical (unpaired) electrons. The summed E-state index contributed by atoms with van der Waals surface area (Å²) in [6.07, 6.45) is 5.09. The average molecular weight is 272 g/mol. The van der Waals surface area contributed by atoms with E-state index in [1.165, 1.54) is 5.69 Å². The Bertz CT molecular complexity index is 392. The highest BCUT2D eigenvalue weighted by Crippen LogP contribution is 2.40. The minimum Gasteiger partial charge on any atom is -0.493 e. The molecule has 0 aromatic carbocycles. The van der Waals surface area contributed by atoms with E-state index in [1.54, 1.807) is 7.11 Å². The van der Waals surface area contributed by atoms with Crippen LogP contribution in [0.5, 0.6) is 5.75 Å². The van der Waals surface area contributed by atoms with Crippen LogP contribution >= 0.6 is 11.6 Å². The monoisotopic (exact) mass is 271 g/mol. The van der Waals surface area contributed by atoms with E-state index in [0.29, 0.717) is 11.3 Å². The minimum atomic E-state index is 0.303. The fraction of sp³-hybridized carbons (Fsp3) is 0.769. The SMILES string of the molecule is COc1cnn(CCN(C)C)c1C1CCC(Cl)C1. The lowest BCUT2D eigenvalue weighted by Gasteiger charge is -2.16. The standard InChI is InChI=1S/C13H22ClN3O/c1-16(2)6-7-17-13(12(18-3)9-15-17)10-4-5-11(14)8-10/h9-11H,4-8H2,1-3H3. The lowest BCUT2D eigenvalue weighted by atomic mass is 10.0. The van der Waals surface area contributed by atoms with Gasteiger partial charge < -0.3 is 9.64 Å². The molecule has 5 heteroatoms. The van der Waals surface area contributed by atoms with E-state index >= 15 is 0 Å². The number of nitrogens with zero attached hydrogens (tertiary/aromatic N) is 3. The number of hydrogen-bond acceptors (Lipinski definition) is 3. The summed E-state index contributed by atoms with van der Waals surface area (Å²) in [4.78, 5) is 2.16. The van der Waals surface area contributed by atoms with Gasteiger partial charge in [0.05, 0.1) is 25.5 Å². The molecule has 4 nitrogen and oxygen atoms in total. The largest absolute Gasteiger partial charge is 0.493 e. The van der Waals surface area contributed by atoms with Crippen molar-refractivity contribution < 1.29 is 4.74 Å². The van der Waals surface area contributed by atoms with Gasteiger partial charge in [-0.15, -0.1) is 11.6 Å². The number of rotatable bonds is 5. The molecule has 0 saturated heterocycles. The summed E-state index contributed by atoms with van der Waals surface area (Å²) < 4.78 is 7.52. The molecule has 18 heavy (non-hydrogen) atoms. The van der Waals surface area contributed by atoms with Crippen molar-refractivity contribution in [3.05, 3.63) is 11.9 Å². The third kappa shape index (κ3) is 2.98. The Labute approximate surface area is 114 Å². The average Bonchev–Trinajstić information content (AvgIpc) is 2.91. The molecule has 2 unspecified atom stereocenters. The Morgan fingerprint density at radius 3 is 2.83 bits per heavy atom. The molecule has 1 saturated carbocycles. The molecule has 2 rings (SSSR count). The molecule has 1 fully saturated rings. The summed E-state index contributed by atoms with van der Waals surface area (Å²) in [6, 6.07) is 0. The second kappa shape index (κ2) is 5.93. The molecule has 1 aliphatic rings. The van der Waals surface area contributed by atoms with Crippen molar-refractivity contribution in [3.63, 3.8) is 0 Å². The molecule has 1 aromatic heterocycles. The summed E-state index contributed by atoms with van der Waals surface area (Å²) in [6.45, 7) is 1.88. The van der Waals surface area contributed by atoms with E-state index in [9.17, 15) is 0 Å². The van der Waals surface area contributed by atoms with Crippen LogP contribution in [-0.4, -0.2) is 47.8 Å². The predicted octanol–water partition coefficient (Wildman–Crippen LogP) is 2.33. The highest BCUT2D eigenvalue weighted by atomic mass is 35.5. The van der Waals surface area contributed by atoms with E-state index in [2.05, 4.69) is 28.8 Å². The van der Waals surface area contributed by atoms with Gasteiger partial charge in [0.1, 0.15) is 0 Å². The van der Waals surface area contributed by atoms with Crippen LogP contribution in [0.15, 0.2) is 6.20 Å². The first kappa shape index (κ1) is 13.7. The number of aromatic nitrogens is 2. The number of halogens is 1. The summed E-state index contributed by atoms with van der Waals surface area (Å²) in [5, 5.41) is 4.75. The van der Waals surface area contributed by atoms with Gasteiger partial charge in [0, 0.05) is 17.8 Å². The number of likely N-dealkylation sites (N-methyl/N-ethyl adjacent to an activating group) is 1. The zero-order valence-corrected chi connectivity index (χ0v) is 12.2. The Morgan fingerprint density at radius 1 is 1.50 bits per heavy atom. The second-order valence-electron chi connectivity index (χ2n) is 5.23. The number of ether oxygens (including phenoxy) is 1. The van der Waals surface area contributed by atoms with Crippen molar-refractivity contribution in [2.24, 2.45) is 0 Å². The van der Waals surface area contributed by atoms with Crippen LogP contribution in [0.1, 0.15) is 30.9 Å². The van der Waals surface area contributed by atoms with Crippen LogP contribution in [0, 0.1) is 0 Å². The molecule has 2 atom stereocenters. The highest BCUT2D eigenvalue weighted by molar-refractivity contribution is 6.20. The lowest BCUT2D eigenvalue weighted by molar-refractivity contribution is 0.361. The Balaban J connectivity index is 2.17. The fourth-order valence-electron chi connectivity index (χ4n) is 2.59. The second-order valence-corrected chi connectivity index (χ2v) is 5.85. The third-order valence-corrected chi connectivity index (χ3v) is 3.98. The first-order valence-corrected chi connectivity index (χ1v) is 6.94. The molecule has 0 bridgehead atoms. The molecular formula is C13H22ClN3O. The van der Waals surface area contributed by atoms with E-state index < -0.39 is 0 Å². The van der Waals surface area contributed by atoms with Crippen LogP contribution in [0.3, 0.4) is 0 Å². The lowest BCUT2D eigenvalue weighted by Crippen LogP contribution is -2.21. The normalized spacial score (nSPS) is 23.8. The molecule has 0 amide bonds. The van der Waals surface area contributed by atoms with Crippen LogP contribution in [0.25, 0.3) is 0 Å². The molecular weight excluding hydrogens is 250 g/mol. The van der Waals surface area contributed by atoms with Gasteiger partial charge in [-0.3, -0.25) is 4.68 Å². The van der Waals surface area contributed by atoms with Gasteiger partial charge in [-0.2, -0.15) is 5.10 Å². The maximum Gasteiger partial charge on any atom is 0.160 e. The van der Waals surface area contributed by atoms with Gasteiger partial charge in [-0.1, -0.05) is 0 Å². The quantitative estimate of drug-likeness (QED) is 0.770. The van der Waals surface area contributed by atoms with Gasteiger partial charge in [0.2, 0.25) is 0 Å². The van der Waals surface area contributed by atoms with E-state index in [0.717, 1.165) is 38.1 Å². The molecule has 1 aromatic rings. The number of hydrogen-bond donors (Lipinski definition) is 0. The van der Waals surface area contributed by atoms with Gasteiger partial charge in [0.15, 0.2) is 5.75 Å². The van der Waals surface area contributed by atoms with Crippen LogP contribution in [0.4, 0.5) is 0 Å². The topological polar surface area (TPSA) is 30.3 Å². The summed E-state index contributed by atoms with van der Waals surface area (Å²) >= 11 is 6.22. The van der Waals surface area contributed by atoms with Crippen molar-refractivity contribution >= 4 is 11.6 Å². The third-order valence-electron chi connectivity index (χ3n) is 3.58. The van der Waals surface area contributed by atoms with Crippen molar-refractivity contribution in [2.45, 2.75) is 37.1 Å². The molecule has 0 N–H and O–H groups in total. The Hall–Kier alpha value is -0.740. The first-order chi connectivity index (χ1) is 8.61. The molecule has 0 aliphatic heterocycles. The van der Waals surface area contributed by atoms with Crippen molar-refractivity contribution in [3.8, 4) is 5.75 Å². The molecule has 1 heterocycles. The van der Waals surface area contributed by atoms with E-state index in [-0.39, 0.29) is 0 Å². The smallest absolute Gasteiger partial charge is 0.160 e. The Morgan fingerprint density at radius 2 is 2.28 bits per heavy atom. The van der Waals surface area contributed by atoms with E-state index in [4.69, 9.17) is 16.3 Å². The minimum absolute atomic E-state index is 0.303. The van der Waals surface area contributed by atoms with Gasteiger partial charge in [0.25, 0.3) is 0 Å². The van der Waals surface area contributed by atoms with Crippen LogP contribution in [-0.2, 0) is 6.54 Å². The number of alkyl halides is 1. The summed E-state index contributed by atoms with van der Waals surface area (Å²) in [7, 11) is 5.86. The molecule has 1 aliphatic carbocycles. The molecule has 0 spiro atoms. The predicted molar refractivity (Wildman–Crippen MR) is 73.6 cm³/mol. The van der Waals surface area contributed by atoms with Gasteiger partial charge in [-0.05, 0) is 33.4 Å². The highest BCUT2D eigenvalue weighted by Gasteiger charge is 2.29. The fourth-order valence-corrected chi connectivity index (χ4v) is 2.94.